The molecule has 3 heteroatoms. The first-order valence-electron chi connectivity index (χ1n) is 5.42. The van der Waals surface area contributed by atoms with Gasteiger partial charge in [0, 0.05) is 24.0 Å². The third-order valence-electron chi connectivity index (χ3n) is 3.92. The maximum atomic E-state index is 11.4. The lowest BCUT2D eigenvalue weighted by Gasteiger charge is -2.51. The van der Waals surface area contributed by atoms with Crippen LogP contribution in [-0.4, -0.2) is 24.2 Å². The fourth-order valence-corrected chi connectivity index (χ4v) is 2.87. The number of ether oxygens (including phenoxy) is 1. The van der Waals surface area contributed by atoms with Gasteiger partial charge in [0.15, 0.2) is 0 Å². The number of hydrogen-bond donors (Lipinski definition) is 1. The molecular formula is C11H19NO2. The molecule has 2 rings (SSSR count). The predicted octanol–water partition coefficient (Wildman–Crippen LogP) is 1.47. The molecule has 80 valence electrons. The summed E-state index contributed by atoms with van der Waals surface area (Å²) in [5.74, 6) is 0.199. The van der Waals surface area contributed by atoms with Gasteiger partial charge in [-0.1, -0.05) is 0 Å². The van der Waals surface area contributed by atoms with E-state index in [1.54, 1.807) is 0 Å². The minimum absolute atomic E-state index is 0.0440. The van der Waals surface area contributed by atoms with E-state index in [9.17, 15) is 4.79 Å². The van der Waals surface area contributed by atoms with Gasteiger partial charge in [-0.3, -0.25) is 4.79 Å². The molecule has 2 fully saturated rings. The quantitative estimate of drug-likeness (QED) is 0.728. The first-order chi connectivity index (χ1) is 6.49. The van der Waals surface area contributed by atoms with E-state index < -0.39 is 0 Å². The van der Waals surface area contributed by atoms with Crippen molar-refractivity contribution in [2.24, 2.45) is 5.41 Å². The molecule has 14 heavy (non-hydrogen) atoms. The van der Waals surface area contributed by atoms with Crippen molar-refractivity contribution >= 4 is 5.91 Å². The molecule has 1 aliphatic heterocycles. The van der Waals surface area contributed by atoms with E-state index in [1.807, 2.05) is 6.92 Å². The summed E-state index contributed by atoms with van der Waals surface area (Å²) in [7, 11) is 0. The Morgan fingerprint density at radius 2 is 2.14 bits per heavy atom. The van der Waals surface area contributed by atoms with Crippen molar-refractivity contribution in [3.8, 4) is 0 Å². The average molecular weight is 197 g/mol. The maximum absolute atomic E-state index is 11.4. The molecule has 1 saturated heterocycles. The highest BCUT2D eigenvalue weighted by atomic mass is 16.5. The lowest BCUT2D eigenvalue weighted by molar-refractivity contribution is -0.122. The molecule has 0 radical (unpaired) electrons. The zero-order chi connectivity index (χ0) is 10.4. The van der Waals surface area contributed by atoms with Gasteiger partial charge in [0.1, 0.15) is 0 Å². The van der Waals surface area contributed by atoms with Crippen molar-refractivity contribution in [3.05, 3.63) is 0 Å². The van der Waals surface area contributed by atoms with Crippen LogP contribution in [0, 0.1) is 5.41 Å². The molecule has 1 aliphatic carbocycles. The standard InChI is InChI=1S/C11H19NO2/c1-4-14-8-5-11(6-8)7-9(13)12-10(11,2)3/h8H,4-7H2,1-3H3,(H,12,13). The number of hydrogen-bond acceptors (Lipinski definition) is 2. The van der Waals surface area contributed by atoms with Gasteiger partial charge in [-0.25, -0.2) is 0 Å². The summed E-state index contributed by atoms with van der Waals surface area (Å²) in [6.07, 6.45) is 3.13. The van der Waals surface area contributed by atoms with Crippen LogP contribution < -0.4 is 5.32 Å². The Morgan fingerprint density at radius 1 is 1.50 bits per heavy atom. The van der Waals surface area contributed by atoms with Crippen LogP contribution in [0.3, 0.4) is 0 Å². The topological polar surface area (TPSA) is 38.3 Å². The minimum atomic E-state index is -0.0440. The van der Waals surface area contributed by atoms with E-state index in [4.69, 9.17) is 4.74 Å². The van der Waals surface area contributed by atoms with Gasteiger partial charge in [-0.2, -0.15) is 0 Å². The van der Waals surface area contributed by atoms with E-state index in [1.165, 1.54) is 0 Å². The smallest absolute Gasteiger partial charge is 0.221 e. The molecule has 0 aromatic heterocycles. The van der Waals surface area contributed by atoms with E-state index in [0.29, 0.717) is 12.5 Å². The Kier molecular flexibility index (Phi) is 2.11. The SMILES string of the molecule is CCOC1CC2(CC(=O)NC2(C)C)C1. The molecule has 1 amide bonds. The molecule has 1 saturated carbocycles. The van der Waals surface area contributed by atoms with Crippen LogP contribution in [0.5, 0.6) is 0 Å². The maximum Gasteiger partial charge on any atom is 0.221 e. The summed E-state index contributed by atoms with van der Waals surface area (Å²) in [6.45, 7) is 7.05. The van der Waals surface area contributed by atoms with Gasteiger partial charge in [-0.15, -0.1) is 0 Å². The van der Waals surface area contributed by atoms with Gasteiger partial charge < -0.3 is 10.1 Å². The summed E-state index contributed by atoms with van der Waals surface area (Å²) in [6, 6.07) is 0. The van der Waals surface area contributed by atoms with Crippen molar-refractivity contribution < 1.29 is 9.53 Å². The summed E-state index contributed by atoms with van der Waals surface area (Å²) in [5.41, 5.74) is 0.127. The van der Waals surface area contributed by atoms with Crippen LogP contribution in [-0.2, 0) is 9.53 Å². The summed E-state index contributed by atoms with van der Waals surface area (Å²) in [5, 5.41) is 3.05. The molecule has 0 aromatic rings. The highest BCUT2D eigenvalue weighted by molar-refractivity contribution is 5.81. The van der Waals surface area contributed by atoms with Crippen LogP contribution >= 0.6 is 0 Å². The Morgan fingerprint density at radius 3 is 2.57 bits per heavy atom. The van der Waals surface area contributed by atoms with Gasteiger partial charge in [0.05, 0.1) is 6.10 Å². The molecule has 1 spiro atoms. The highest BCUT2D eigenvalue weighted by Crippen LogP contribution is 2.55. The third kappa shape index (κ3) is 1.26. The van der Waals surface area contributed by atoms with Gasteiger partial charge in [0.2, 0.25) is 5.91 Å². The Balaban J connectivity index is 2.02. The largest absolute Gasteiger partial charge is 0.378 e. The second-order valence-electron chi connectivity index (χ2n) is 5.12. The minimum Gasteiger partial charge on any atom is -0.378 e. The number of nitrogens with one attached hydrogen (secondary N) is 1. The van der Waals surface area contributed by atoms with Crippen molar-refractivity contribution in [1.29, 1.82) is 0 Å². The molecule has 0 aromatic carbocycles. The zero-order valence-corrected chi connectivity index (χ0v) is 9.22. The third-order valence-corrected chi connectivity index (χ3v) is 3.92. The van der Waals surface area contributed by atoms with Crippen LogP contribution in [0.25, 0.3) is 0 Å². The fraction of sp³-hybridized carbons (Fsp3) is 0.909. The summed E-state index contributed by atoms with van der Waals surface area (Å²) in [4.78, 5) is 11.4. The Bertz CT molecular complexity index is 254. The molecule has 1 heterocycles. The lowest BCUT2D eigenvalue weighted by Crippen LogP contribution is -2.56. The first-order valence-corrected chi connectivity index (χ1v) is 5.42. The highest BCUT2D eigenvalue weighted by Gasteiger charge is 2.59. The average Bonchev–Trinajstić information content (AvgIpc) is 2.20. The first kappa shape index (κ1) is 9.97. The van der Waals surface area contributed by atoms with Gasteiger partial charge in [0.25, 0.3) is 0 Å². The zero-order valence-electron chi connectivity index (χ0n) is 9.22. The normalized spacial score (nSPS) is 39.6. The number of carbonyl (C=O) groups is 1. The van der Waals surface area contributed by atoms with E-state index in [-0.39, 0.29) is 16.9 Å². The fourth-order valence-electron chi connectivity index (χ4n) is 2.87. The number of carbonyl (C=O) groups excluding carboxylic acids is 1. The van der Waals surface area contributed by atoms with Crippen molar-refractivity contribution in [2.75, 3.05) is 6.61 Å². The van der Waals surface area contributed by atoms with Gasteiger partial charge >= 0.3 is 0 Å². The molecule has 1 N–H and O–H groups in total. The van der Waals surface area contributed by atoms with E-state index in [2.05, 4.69) is 19.2 Å². The van der Waals surface area contributed by atoms with Crippen molar-refractivity contribution in [3.63, 3.8) is 0 Å². The predicted molar refractivity (Wildman–Crippen MR) is 53.9 cm³/mol. The van der Waals surface area contributed by atoms with Crippen molar-refractivity contribution in [2.45, 2.75) is 51.7 Å². The molecule has 0 unspecified atom stereocenters. The van der Waals surface area contributed by atoms with Crippen LogP contribution in [0.1, 0.15) is 40.0 Å². The molecular weight excluding hydrogens is 178 g/mol. The summed E-state index contributed by atoms with van der Waals surface area (Å²) < 4.78 is 5.55. The van der Waals surface area contributed by atoms with Gasteiger partial charge in [-0.05, 0) is 33.6 Å². The second kappa shape index (κ2) is 2.96. The van der Waals surface area contributed by atoms with Crippen LogP contribution in [0.15, 0.2) is 0 Å². The molecule has 0 bridgehead atoms. The molecule has 3 nitrogen and oxygen atoms in total. The number of amides is 1. The molecule has 0 atom stereocenters. The second-order valence-corrected chi connectivity index (χ2v) is 5.12. The Hall–Kier alpha value is -0.570. The monoisotopic (exact) mass is 197 g/mol. The number of rotatable bonds is 2. The molecule has 2 aliphatic rings. The summed E-state index contributed by atoms with van der Waals surface area (Å²) >= 11 is 0. The lowest BCUT2D eigenvalue weighted by atomic mass is 9.57. The van der Waals surface area contributed by atoms with E-state index in [0.717, 1.165) is 19.4 Å². The van der Waals surface area contributed by atoms with E-state index >= 15 is 0 Å². The van der Waals surface area contributed by atoms with Crippen LogP contribution in [0.2, 0.25) is 0 Å². The van der Waals surface area contributed by atoms with Crippen molar-refractivity contribution in [1.82, 2.24) is 5.32 Å². The van der Waals surface area contributed by atoms with Crippen LogP contribution in [0.4, 0.5) is 0 Å². The Labute approximate surface area is 85.2 Å².